The first-order chi connectivity index (χ1) is 28.2. The van der Waals surface area contributed by atoms with Crippen molar-refractivity contribution in [1.29, 1.82) is 0 Å². The van der Waals surface area contributed by atoms with Crippen LogP contribution in [0.15, 0.2) is 187 Å². The number of nitrogens with two attached hydrogens (primary N) is 1. The van der Waals surface area contributed by atoms with Crippen molar-refractivity contribution in [3.63, 3.8) is 0 Å². The number of benzene rings is 8. The molecule has 0 atom stereocenters. The number of amidine groups is 1. The van der Waals surface area contributed by atoms with Gasteiger partial charge in [-0.25, -0.2) is 4.99 Å². The Labute approximate surface area is 342 Å². The highest BCUT2D eigenvalue weighted by molar-refractivity contribution is 6.01. The summed E-state index contributed by atoms with van der Waals surface area (Å²) >= 11 is 0. The zero-order valence-corrected chi connectivity index (χ0v) is 33.6. The Morgan fingerprint density at radius 1 is 0.483 bits per heavy atom. The molecule has 2 aliphatic carbocycles. The van der Waals surface area contributed by atoms with Crippen LogP contribution in [0.2, 0.25) is 0 Å². The van der Waals surface area contributed by atoms with E-state index in [9.17, 15) is 0 Å². The van der Waals surface area contributed by atoms with Gasteiger partial charge in [0.25, 0.3) is 0 Å². The topological polar surface area (TPSA) is 38.4 Å². The number of fused-ring (bicyclic) bond motifs is 7. The maximum atomic E-state index is 6.78. The molecule has 0 amide bonds. The molecule has 280 valence electrons. The molecule has 0 fully saturated rings. The summed E-state index contributed by atoms with van der Waals surface area (Å²) in [6.45, 7) is 9.42. The lowest BCUT2D eigenvalue weighted by Gasteiger charge is -2.24. The molecule has 0 spiro atoms. The average molecular weight is 747 g/mol. The van der Waals surface area contributed by atoms with E-state index in [0.29, 0.717) is 12.3 Å². The van der Waals surface area contributed by atoms with Crippen molar-refractivity contribution < 1.29 is 0 Å². The van der Waals surface area contributed by atoms with Crippen LogP contribution in [0.1, 0.15) is 66.6 Å². The SMILES string of the molecule is CC1(C)c2cc3ccccc3cc2-c2c(-c3cccc(C(=C/Cc4cccc(-c5cccc6c5C(C)(C)c5ccccc5-6)c4)/N=C(\N)c4ccccc4)c3)cccc21. The third kappa shape index (κ3) is 5.82. The maximum absolute atomic E-state index is 6.78. The minimum Gasteiger partial charge on any atom is -0.383 e. The molecule has 58 heavy (non-hydrogen) atoms. The van der Waals surface area contributed by atoms with Gasteiger partial charge >= 0.3 is 0 Å². The van der Waals surface area contributed by atoms with E-state index in [4.69, 9.17) is 10.7 Å². The van der Waals surface area contributed by atoms with Gasteiger partial charge in [-0.3, -0.25) is 0 Å². The molecular weight excluding hydrogens is 701 g/mol. The molecule has 2 heteroatoms. The van der Waals surface area contributed by atoms with E-state index in [-0.39, 0.29) is 10.8 Å². The molecule has 0 aliphatic heterocycles. The summed E-state index contributed by atoms with van der Waals surface area (Å²) in [5.74, 6) is 0.496. The van der Waals surface area contributed by atoms with Crippen molar-refractivity contribution in [3.8, 4) is 44.5 Å². The fourth-order valence-corrected chi connectivity index (χ4v) is 9.76. The molecule has 10 rings (SSSR count). The lowest BCUT2D eigenvalue weighted by molar-refractivity contribution is 0.661. The Morgan fingerprint density at radius 2 is 1.09 bits per heavy atom. The summed E-state index contributed by atoms with van der Waals surface area (Å²) < 4.78 is 0. The first kappa shape index (κ1) is 35.6. The second kappa shape index (κ2) is 13.7. The van der Waals surface area contributed by atoms with Gasteiger partial charge in [0.1, 0.15) is 5.84 Å². The van der Waals surface area contributed by atoms with Gasteiger partial charge in [-0.05, 0) is 108 Å². The first-order valence-corrected chi connectivity index (χ1v) is 20.4. The lowest BCUT2D eigenvalue weighted by atomic mass is 9.78. The van der Waals surface area contributed by atoms with Crippen LogP contribution in [0.4, 0.5) is 0 Å². The summed E-state index contributed by atoms with van der Waals surface area (Å²) in [6, 6.07) is 63.8. The third-order valence-corrected chi connectivity index (χ3v) is 12.7. The maximum Gasteiger partial charge on any atom is 0.131 e. The quantitative estimate of drug-likeness (QED) is 0.128. The van der Waals surface area contributed by atoms with Crippen molar-refractivity contribution in [3.05, 3.63) is 221 Å². The van der Waals surface area contributed by atoms with E-state index >= 15 is 0 Å². The molecule has 8 aromatic carbocycles. The van der Waals surface area contributed by atoms with Gasteiger partial charge in [0.2, 0.25) is 0 Å². The minimum atomic E-state index is -0.115. The van der Waals surface area contributed by atoms with Gasteiger partial charge in [-0.1, -0.05) is 191 Å². The number of nitrogens with zero attached hydrogens (tertiary/aromatic N) is 1. The van der Waals surface area contributed by atoms with E-state index in [2.05, 4.69) is 179 Å². The van der Waals surface area contributed by atoms with Crippen molar-refractivity contribution in [2.75, 3.05) is 0 Å². The lowest BCUT2D eigenvalue weighted by Crippen LogP contribution is -2.16. The van der Waals surface area contributed by atoms with Gasteiger partial charge in [-0.15, -0.1) is 0 Å². The molecule has 0 heterocycles. The molecule has 2 aliphatic rings. The molecule has 2 N–H and O–H groups in total. The summed E-state index contributed by atoms with van der Waals surface area (Å²) in [4.78, 5) is 5.16. The molecule has 0 saturated heterocycles. The fourth-order valence-electron chi connectivity index (χ4n) is 9.76. The van der Waals surface area contributed by atoms with Crippen LogP contribution in [0, 0.1) is 0 Å². The zero-order valence-electron chi connectivity index (χ0n) is 33.6. The predicted octanol–water partition coefficient (Wildman–Crippen LogP) is 13.8. The van der Waals surface area contributed by atoms with Gasteiger partial charge in [-0.2, -0.15) is 0 Å². The first-order valence-electron chi connectivity index (χ1n) is 20.4. The second-order valence-electron chi connectivity index (χ2n) is 16.9. The third-order valence-electron chi connectivity index (χ3n) is 12.7. The number of hydrogen-bond acceptors (Lipinski definition) is 1. The van der Waals surface area contributed by atoms with E-state index < -0.39 is 0 Å². The van der Waals surface area contributed by atoms with E-state index in [1.54, 1.807) is 0 Å². The van der Waals surface area contributed by atoms with E-state index in [1.165, 1.54) is 77.5 Å². The van der Waals surface area contributed by atoms with Crippen LogP contribution >= 0.6 is 0 Å². The Balaban J connectivity index is 1.06. The molecule has 8 aromatic rings. The van der Waals surface area contributed by atoms with Gasteiger partial charge in [0.05, 0.1) is 5.70 Å². The summed E-state index contributed by atoms with van der Waals surface area (Å²) in [5.41, 5.74) is 26.3. The summed E-state index contributed by atoms with van der Waals surface area (Å²) in [6.07, 6.45) is 2.94. The minimum absolute atomic E-state index is 0.0925. The Hall–Kier alpha value is -6.77. The Kier molecular flexibility index (Phi) is 8.42. The highest BCUT2D eigenvalue weighted by Crippen LogP contribution is 2.54. The number of allylic oxidation sites excluding steroid dienone is 1. The van der Waals surface area contributed by atoms with Crippen molar-refractivity contribution in [2.24, 2.45) is 10.7 Å². The molecular formula is C56H46N2. The number of rotatable bonds is 7. The van der Waals surface area contributed by atoms with Gasteiger partial charge in [0.15, 0.2) is 0 Å². The largest absolute Gasteiger partial charge is 0.383 e. The summed E-state index contributed by atoms with van der Waals surface area (Å²) in [5, 5.41) is 2.54. The molecule has 0 aromatic heterocycles. The monoisotopic (exact) mass is 746 g/mol. The smallest absolute Gasteiger partial charge is 0.131 e. The standard InChI is InChI=1S/C56H46N2/c1-55(2)49-29-15-25-43(52(49)47-34-38-19-8-9-20-39(38)35-50(47)55)41-22-13-23-42(33-41)51(58-54(57)37-17-6-5-7-18-37)31-30-36-16-12-21-40(32-36)44-26-14-27-46-45-24-10-11-28-48(45)56(3,4)53(44)46/h5-29,31-35H,30H2,1-4H3,(H2,57,58)/b51-31-. The van der Waals surface area contributed by atoms with Crippen molar-refractivity contribution in [1.82, 2.24) is 0 Å². The average Bonchev–Trinajstić information content (AvgIpc) is 3.64. The molecule has 2 nitrogen and oxygen atoms in total. The van der Waals surface area contributed by atoms with Crippen molar-refractivity contribution in [2.45, 2.75) is 44.9 Å². The Morgan fingerprint density at radius 3 is 1.91 bits per heavy atom. The highest BCUT2D eigenvalue weighted by atomic mass is 14.9. The fraction of sp³-hybridized carbons (Fsp3) is 0.125. The zero-order chi connectivity index (χ0) is 39.6. The summed E-state index contributed by atoms with van der Waals surface area (Å²) in [7, 11) is 0. The van der Waals surface area contributed by atoms with E-state index in [0.717, 1.165) is 22.4 Å². The van der Waals surface area contributed by atoms with Crippen LogP contribution in [0.3, 0.4) is 0 Å². The predicted molar refractivity (Wildman–Crippen MR) is 245 cm³/mol. The number of aliphatic imine (C=N–C) groups is 1. The molecule has 0 bridgehead atoms. The second-order valence-corrected chi connectivity index (χ2v) is 16.9. The van der Waals surface area contributed by atoms with Gasteiger partial charge < -0.3 is 5.73 Å². The Bertz CT molecular complexity index is 2980. The number of hydrogen-bond donors (Lipinski definition) is 1. The van der Waals surface area contributed by atoms with Crippen LogP contribution in [-0.4, -0.2) is 5.84 Å². The van der Waals surface area contributed by atoms with Gasteiger partial charge in [0, 0.05) is 22.0 Å². The van der Waals surface area contributed by atoms with Crippen LogP contribution < -0.4 is 5.73 Å². The molecule has 0 unspecified atom stereocenters. The molecule has 0 radical (unpaired) electrons. The van der Waals surface area contributed by atoms with Crippen molar-refractivity contribution >= 4 is 22.3 Å². The van der Waals surface area contributed by atoms with Crippen LogP contribution in [0.25, 0.3) is 61.0 Å². The normalized spacial score (nSPS) is 14.8. The van der Waals surface area contributed by atoms with Crippen LogP contribution in [-0.2, 0) is 17.3 Å². The molecule has 0 saturated carbocycles. The van der Waals surface area contributed by atoms with E-state index in [1.807, 2.05) is 30.3 Å². The highest BCUT2D eigenvalue weighted by Gasteiger charge is 2.38. The van der Waals surface area contributed by atoms with Crippen LogP contribution in [0.5, 0.6) is 0 Å².